The SMILES string of the molecule is CCOC(=O)COCC(N)c1cccc2ccccc12. The van der Waals surface area contributed by atoms with Gasteiger partial charge in [0.05, 0.1) is 19.3 Å². The molecule has 106 valence electrons. The first-order chi connectivity index (χ1) is 9.72. The maximum absolute atomic E-state index is 11.2. The molecule has 4 heteroatoms. The van der Waals surface area contributed by atoms with Crippen LogP contribution in [0.25, 0.3) is 10.8 Å². The van der Waals surface area contributed by atoms with Crippen LogP contribution < -0.4 is 5.73 Å². The lowest BCUT2D eigenvalue weighted by Crippen LogP contribution is -2.21. The van der Waals surface area contributed by atoms with Gasteiger partial charge < -0.3 is 15.2 Å². The Morgan fingerprint density at radius 3 is 2.75 bits per heavy atom. The highest BCUT2D eigenvalue weighted by Crippen LogP contribution is 2.23. The third-order valence-corrected chi connectivity index (χ3v) is 3.05. The summed E-state index contributed by atoms with van der Waals surface area (Å²) in [6, 6.07) is 13.8. The van der Waals surface area contributed by atoms with E-state index in [4.69, 9.17) is 15.2 Å². The van der Waals surface area contributed by atoms with Crippen molar-refractivity contribution < 1.29 is 14.3 Å². The quantitative estimate of drug-likeness (QED) is 0.821. The van der Waals surface area contributed by atoms with Gasteiger partial charge in [-0.25, -0.2) is 4.79 Å². The highest BCUT2D eigenvalue weighted by Gasteiger charge is 2.11. The molecule has 20 heavy (non-hydrogen) atoms. The molecule has 1 unspecified atom stereocenters. The zero-order valence-electron chi connectivity index (χ0n) is 11.5. The predicted octanol–water partition coefficient (Wildman–Crippen LogP) is 2.42. The predicted molar refractivity (Wildman–Crippen MR) is 78.3 cm³/mol. The molecule has 2 rings (SSSR count). The van der Waals surface area contributed by atoms with Gasteiger partial charge in [-0.1, -0.05) is 42.5 Å². The van der Waals surface area contributed by atoms with E-state index in [2.05, 4.69) is 0 Å². The van der Waals surface area contributed by atoms with Gasteiger partial charge in [0.15, 0.2) is 0 Å². The highest BCUT2D eigenvalue weighted by atomic mass is 16.6. The van der Waals surface area contributed by atoms with Gasteiger partial charge in [-0.05, 0) is 23.3 Å². The van der Waals surface area contributed by atoms with Gasteiger partial charge in [0.1, 0.15) is 6.61 Å². The molecule has 0 saturated carbocycles. The monoisotopic (exact) mass is 273 g/mol. The largest absolute Gasteiger partial charge is 0.464 e. The van der Waals surface area contributed by atoms with Crippen LogP contribution in [-0.4, -0.2) is 25.8 Å². The molecule has 0 amide bonds. The van der Waals surface area contributed by atoms with E-state index in [0.29, 0.717) is 6.61 Å². The topological polar surface area (TPSA) is 61.5 Å². The van der Waals surface area contributed by atoms with Gasteiger partial charge in [-0.3, -0.25) is 0 Å². The number of esters is 1. The molecule has 0 bridgehead atoms. The Hall–Kier alpha value is -1.91. The van der Waals surface area contributed by atoms with Crippen molar-refractivity contribution in [2.24, 2.45) is 5.73 Å². The highest BCUT2D eigenvalue weighted by molar-refractivity contribution is 5.86. The molecule has 0 heterocycles. The molecule has 4 nitrogen and oxygen atoms in total. The summed E-state index contributed by atoms with van der Waals surface area (Å²) >= 11 is 0. The summed E-state index contributed by atoms with van der Waals surface area (Å²) in [5.41, 5.74) is 7.16. The minimum Gasteiger partial charge on any atom is -0.464 e. The molecule has 2 N–H and O–H groups in total. The van der Waals surface area contributed by atoms with Crippen molar-refractivity contribution >= 4 is 16.7 Å². The minimum absolute atomic E-state index is 0.0632. The Labute approximate surface area is 118 Å². The standard InChI is InChI=1S/C16H19NO3/c1-2-20-16(18)11-19-10-15(17)14-9-5-7-12-6-3-4-8-13(12)14/h3-9,15H,2,10-11,17H2,1H3. The Balaban J connectivity index is 2.01. The second-order valence-electron chi connectivity index (χ2n) is 4.50. The normalized spacial score (nSPS) is 12.3. The lowest BCUT2D eigenvalue weighted by Gasteiger charge is -2.14. The smallest absolute Gasteiger partial charge is 0.332 e. The summed E-state index contributed by atoms with van der Waals surface area (Å²) in [4.78, 5) is 11.2. The van der Waals surface area contributed by atoms with Crippen LogP contribution in [0.1, 0.15) is 18.5 Å². The molecule has 0 radical (unpaired) electrons. The van der Waals surface area contributed by atoms with Crippen molar-refractivity contribution in [1.82, 2.24) is 0 Å². The van der Waals surface area contributed by atoms with Gasteiger partial charge in [0.2, 0.25) is 0 Å². The number of carbonyl (C=O) groups is 1. The maximum Gasteiger partial charge on any atom is 0.332 e. The summed E-state index contributed by atoms with van der Waals surface area (Å²) < 4.78 is 10.1. The molecule has 0 aliphatic carbocycles. The Morgan fingerprint density at radius 2 is 1.95 bits per heavy atom. The summed E-state index contributed by atoms with van der Waals surface area (Å²) in [6.07, 6.45) is 0. The zero-order chi connectivity index (χ0) is 14.4. The Kier molecular flexibility index (Phi) is 5.09. The van der Waals surface area contributed by atoms with Gasteiger partial charge in [0.25, 0.3) is 0 Å². The lowest BCUT2D eigenvalue weighted by molar-refractivity contribution is -0.148. The van der Waals surface area contributed by atoms with E-state index in [-0.39, 0.29) is 25.2 Å². The Bertz CT molecular complexity index is 577. The van der Waals surface area contributed by atoms with E-state index >= 15 is 0 Å². The van der Waals surface area contributed by atoms with E-state index in [1.165, 1.54) is 0 Å². The van der Waals surface area contributed by atoms with Crippen LogP contribution in [-0.2, 0) is 14.3 Å². The first-order valence-electron chi connectivity index (χ1n) is 6.69. The van der Waals surface area contributed by atoms with Crippen LogP contribution in [0, 0.1) is 0 Å². The second-order valence-corrected chi connectivity index (χ2v) is 4.50. The van der Waals surface area contributed by atoms with E-state index in [1.54, 1.807) is 6.92 Å². The van der Waals surface area contributed by atoms with Crippen LogP contribution >= 0.6 is 0 Å². The second kappa shape index (κ2) is 7.03. The molecule has 0 fully saturated rings. The third-order valence-electron chi connectivity index (χ3n) is 3.05. The molecule has 2 aromatic rings. The summed E-state index contributed by atoms with van der Waals surface area (Å²) in [5, 5.41) is 2.26. The van der Waals surface area contributed by atoms with E-state index < -0.39 is 0 Å². The number of hydrogen-bond donors (Lipinski definition) is 1. The number of hydrogen-bond acceptors (Lipinski definition) is 4. The van der Waals surface area contributed by atoms with Crippen molar-refractivity contribution in [2.75, 3.05) is 19.8 Å². The van der Waals surface area contributed by atoms with Gasteiger partial charge in [-0.15, -0.1) is 0 Å². The van der Waals surface area contributed by atoms with Crippen molar-refractivity contribution in [3.05, 3.63) is 48.0 Å². The number of rotatable bonds is 6. The summed E-state index contributed by atoms with van der Waals surface area (Å²) in [6.45, 7) is 2.34. The molecule has 0 aliphatic rings. The molecule has 0 aromatic heterocycles. The fourth-order valence-corrected chi connectivity index (χ4v) is 2.14. The number of carbonyl (C=O) groups excluding carboxylic acids is 1. The van der Waals surface area contributed by atoms with Crippen LogP contribution in [0.3, 0.4) is 0 Å². The molecule has 0 saturated heterocycles. The van der Waals surface area contributed by atoms with Crippen LogP contribution in [0.15, 0.2) is 42.5 Å². The molecular weight excluding hydrogens is 254 g/mol. The van der Waals surface area contributed by atoms with Gasteiger partial charge in [-0.2, -0.15) is 0 Å². The van der Waals surface area contributed by atoms with Crippen molar-refractivity contribution in [1.29, 1.82) is 0 Å². The molecule has 0 aliphatic heterocycles. The first kappa shape index (κ1) is 14.5. The van der Waals surface area contributed by atoms with Crippen molar-refractivity contribution in [3.8, 4) is 0 Å². The lowest BCUT2D eigenvalue weighted by atomic mass is 10.00. The summed E-state index contributed by atoms with van der Waals surface area (Å²) in [5.74, 6) is -0.363. The van der Waals surface area contributed by atoms with Gasteiger partial charge in [0, 0.05) is 0 Å². The third kappa shape index (κ3) is 3.56. The fraction of sp³-hybridized carbons (Fsp3) is 0.312. The molecule has 2 aromatic carbocycles. The molecule has 0 spiro atoms. The van der Waals surface area contributed by atoms with Crippen LogP contribution in [0.5, 0.6) is 0 Å². The first-order valence-corrected chi connectivity index (χ1v) is 6.69. The number of nitrogens with two attached hydrogens (primary N) is 1. The maximum atomic E-state index is 11.2. The number of ether oxygens (including phenoxy) is 2. The number of fused-ring (bicyclic) bond motifs is 1. The Morgan fingerprint density at radius 1 is 1.20 bits per heavy atom. The van der Waals surface area contributed by atoms with Crippen molar-refractivity contribution in [2.45, 2.75) is 13.0 Å². The fourth-order valence-electron chi connectivity index (χ4n) is 2.14. The molecule has 1 atom stereocenters. The molecular formula is C16H19NO3. The minimum atomic E-state index is -0.363. The average Bonchev–Trinajstić information content (AvgIpc) is 2.47. The van der Waals surface area contributed by atoms with Gasteiger partial charge >= 0.3 is 5.97 Å². The van der Waals surface area contributed by atoms with Crippen molar-refractivity contribution in [3.63, 3.8) is 0 Å². The zero-order valence-corrected chi connectivity index (χ0v) is 11.5. The summed E-state index contributed by atoms with van der Waals surface area (Å²) in [7, 11) is 0. The van der Waals surface area contributed by atoms with Crippen LogP contribution in [0.4, 0.5) is 0 Å². The van der Waals surface area contributed by atoms with E-state index in [0.717, 1.165) is 16.3 Å². The van der Waals surface area contributed by atoms with Crippen LogP contribution in [0.2, 0.25) is 0 Å². The number of benzene rings is 2. The van der Waals surface area contributed by atoms with E-state index in [9.17, 15) is 4.79 Å². The average molecular weight is 273 g/mol. The van der Waals surface area contributed by atoms with E-state index in [1.807, 2.05) is 42.5 Å².